The summed E-state index contributed by atoms with van der Waals surface area (Å²) < 4.78 is 31.8. The number of anilines is 1. The first-order valence-corrected chi connectivity index (χ1v) is 14.6. The first-order valence-electron chi connectivity index (χ1n) is 12.8. The molecule has 0 aliphatic carbocycles. The van der Waals surface area contributed by atoms with E-state index in [-0.39, 0.29) is 37.2 Å². The fourth-order valence-corrected chi connectivity index (χ4v) is 5.04. The Balaban J connectivity index is 2.24. The van der Waals surface area contributed by atoms with E-state index >= 15 is 0 Å². The van der Waals surface area contributed by atoms with Crippen LogP contribution in [0.1, 0.15) is 57.6 Å². The second-order valence-electron chi connectivity index (χ2n) is 9.36. The molecule has 204 valence electrons. The lowest BCUT2D eigenvalue weighted by Crippen LogP contribution is -2.50. The molecule has 1 N–H and O–H groups in total. The number of benzene rings is 2. The average molecular weight is 532 g/mol. The number of carbonyl (C=O) groups is 2. The Morgan fingerprint density at radius 3 is 2.24 bits per heavy atom. The van der Waals surface area contributed by atoms with Crippen LogP contribution in [0.2, 0.25) is 0 Å². The van der Waals surface area contributed by atoms with Gasteiger partial charge < -0.3 is 15.0 Å². The van der Waals surface area contributed by atoms with Gasteiger partial charge in [-0.1, -0.05) is 55.8 Å². The number of sulfonamides is 1. The summed E-state index contributed by atoms with van der Waals surface area (Å²) in [4.78, 5) is 28.2. The molecule has 2 aromatic carbocycles. The SMILES string of the molecule is CC[C@@H](C)NC(=O)[C@H](CC)N(Cc1ccc(C)cc1)C(=O)CCCN(c1ccccc1OC)S(C)(=O)=O. The molecule has 0 heterocycles. The maximum absolute atomic E-state index is 13.5. The van der Waals surface area contributed by atoms with Crippen molar-refractivity contribution in [1.82, 2.24) is 10.2 Å². The Bertz CT molecular complexity index is 1130. The fourth-order valence-electron chi connectivity index (χ4n) is 4.07. The minimum absolute atomic E-state index is 0.00190. The number of hydrogen-bond donors (Lipinski definition) is 1. The Kier molecular flexibility index (Phi) is 11.4. The van der Waals surface area contributed by atoms with Crippen molar-refractivity contribution in [3.8, 4) is 5.75 Å². The van der Waals surface area contributed by atoms with Crippen LogP contribution in [-0.4, -0.2) is 57.1 Å². The van der Waals surface area contributed by atoms with Gasteiger partial charge in [0.05, 0.1) is 19.1 Å². The van der Waals surface area contributed by atoms with Crippen LogP contribution in [0.4, 0.5) is 5.69 Å². The zero-order valence-electron chi connectivity index (χ0n) is 22.9. The third-order valence-electron chi connectivity index (χ3n) is 6.37. The number of methoxy groups -OCH3 is 1. The summed E-state index contributed by atoms with van der Waals surface area (Å²) in [5.74, 6) is 0.0670. The second kappa shape index (κ2) is 14.0. The Labute approximate surface area is 222 Å². The largest absolute Gasteiger partial charge is 0.495 e. The number of rotatable bonds is 14. The monoisotopic (exact) mass is 531 g/mol. The smallest absolute Gasteiger partial charge is 0.243 e. The molecular formula is C28H41N3O5S. The van der Waals surface area contributed by atoms with Crippen LogP contribution < -0.4 is 14.4 Å². The highest BCUT2D eigenvalue weighted by atomic mass is 32.2. The lowest BCUT2D eigenvalue weighted by Gasteiger charge is -2.32. The van der Waals surface area contributed by atoms with Crippen molar-refractivity contribution in [3.05, 3.63) is 59.7 Å². The summed E-state index contributed by atoms with van der Waals surface area (Å²) in [6, 6.07) is 14.2. The van der Waals surface area contributed by atoms with Gasteiger partial charge in [-0.25, -0.2) is 8.42 Å². The molecule has 2 amide bonds. The van der Waals surface area contributed by atoms with Crippen molar-refractivity contribution in [2.45, 2.75) is 72.0 Å². The normalized spacial score (nSPS) is 12.9. The van der Waals surface area contributed by atoms with E-state index in [2.05, 4.69) is 5.32 Å². The van der Waals surface area contributed by atoms with E-state index in [4.69, 9.17) is 4.74 Å². The molecule has 8 nitrogen and oxygen atoms in total. The van der Waals surface area contributed by atoms with Gasteiger partial charge in [0.1, 0.15) is 11.8 Å². The predicted molar refractivity (Wildman–Crippen MR) is 148 cm³/mol. The number of hydrogen-bond acceptors (Lipinski definition) is 5. The number of ether oxygens (including phenoxy) is 1. The summed E-state index contributed by atoms with van der Waals surface area (Å²) in [6.45, 7) is 8.23. The lowest BCUT2D eigenvalue weighted by molar-refractivity contribution is -0.141. The van der Waals surface area contributed by atoms with Gasteiger partial charge in [0.15, 0.2) is 0 Å². The molecule has 0 radical (unpaired) electrons. The second-order valence-corrected chi connectivity index (χ2v) is 11.3. The zero-order chi connectivity index (χ0) is 27.6. The Hall–Kier alpha value is -3.07. The number of para-hydroxylation sites is 2. The molecule has 9 heteroatoms. The molecule has 0 unspecified atom stereocenters. The van der Waals surface area contributed by atoms with Crippen LogP contribution in [0, 0.1) is 6.92 Å². The van der Waals surface area contributed by atoms with E-state index < -0.39 is 16.1 Å². The average Bonchev–Trinajstić information content (AvgIpc) is 2.86. The highest BCUT2D eigenvalue weighted by molar-refractivity contribution is 7.92. The molecular weight excluding hydrogens is 490 g/mol. The third kappa shape index (κ3) is 8.77. The summed E-state index contributed by atoms with van der Waals surface area (Å²) in [5, 5.41) is 3.00. The molecule has 0 aliphatic rings. The lowest BCUT2D eigenvalue weighted by atomic mass is 10.1. The maximum Gasteiger partial charge on any atom is 0.243 e. The third-order valence-corrected chi connectivity index (χ3v) is 7.55. The first kappa shape index (κ1) is 30.2. The first-order chi connectivity index (χ1) is 17.5. The number of aryl methyl sites for hydroxylation is 1. The van der Waals surface area contributed by atoms with Crippen LogP contribution in [0.15, 0.2) is 48.5 Å². The summed E-state index contributed by atoms with van der Waals surface area (Å²) in [5.41, 5.74) is 2.47. The van der Waals surface area contributed by atoms with Crippen molar-refractivity contribution >= 4 is 27.5 Å². The van der Waals surface area contributed by atoms with Gasteiger partial charge in [0.25, 0.3) is 0 Å². The zero-order valence-corrected chi connectivity index (χ0v) is 23.7. The minimum atomic E-state index is -3.61. The Morgan fingerprint density at radius 1 is 1.03 bits per heavy atom. The quantitative estimate of drug-likeness (QED) is 0.393. The predicted octanol–water partition coefficient (Wildman–Crippen LogP) is 4.27. The molecule has 0 bridgehead atoms. The molecule has 2 atom stereocenters. The van der Waals surface area contributed by atoms with Crippen LogP contribution in [0.5, 0.6) is 5.75 Å². The molecule has 37 heavy (non-hydrogen) atoms. The van der Waals surface area contributed by atoms with Gasteiger partial charge in [-0.2, -0.15) is 0 Å². The highest BCUT2D eigenvalue weighted by Crippen LogP contribution is 2.29. The Morgan fingerprint density at radius 2 is 1.68 bits per heavy atom. The van der Waals surface area contributed by atoms with Crippen LogP contribution >= 0.6 is 0 Å². The van der Waals surface area contributed by atoms with Gasteiger partial charge in [-0.05, 0) is 50.8 Å². The van der Waals surface area contributed by atoms with Gasteiger partial charge in [0.2, 0.25) is 21.8 Å². The summed E-state index contributed by atoms with van der Waals surface area (Å²) >= 11 is 0. The van der Waals surface area contributed by atoms with Gasteiger partial charge in [-0.15, -0.1) is 0 Å². The van der Waals surface area contributed by atoms with E-state index in [1.54, 1.807) is 29.2 Å². The van der Waals surface area contributed by atoms with Crippen LogP contribution in [-0.2, 0) is 26.2 Å². The van der Waals surface area contributed by atoms with E-state index in [1.165, 1.54) is 11.4 Å². The molecule has 0 saturated carbocycles. The van der Waals surface area contributed by atoms with Gasteiger partial charge in [0, 0.05) is 25.6 Å². The van der Waals surface area contributed by atoms with Crippen molar-refractivity contribution in [3.63, 3.8) is 0 Å². The van der Waals surface area contributed by atoms with Crippen molar-refractivity contribution in [2.75, 3.05) is 24.2 Å². The van der Waals surface area contributed by atoms with E-state index in [0.29, 0.717) is 24.4 Å². The standard InChI is InChI=1S/C28H41N3O5S/c1-7-22(4)29-28(33)24(8-2)30(20-23-17-15-21(3)16-18-23)27(32)14-11-19-31(37(6,34)35)25-12-9-10-13-26(25)36-5/h9-10,12-13,15-18,22,24H,7-8,11,14,19-20H2,1-6H3,(H,29,33)/t22-,24+/m1/s1. The van der Waals surface area contributed by atoms with E-state index in [9.17, 15) is 18.0 Å². The van der Waals surface area contributed by atoms with Gasteiger partial charge >= 0.3 is 0 Å². The van der Waals surface area contributed by atoms with Gasteiger partial charge in [-0.3, -0.25) is 13.9 Å². The number of nitrogens with one attached hydrogen (secondary N) is 1. The van der Waals surface area contributed by atoms with Crippen LogP contribution in [0.25, 0.3) is 0 Å². The molecule has 0 spiro atoms. The molecule has 0 aromatic heterocycles. The van der Waals surface area contributed by atoms with Crippen molar-refractivity contribution in [1.29, 1.82) is 0 Å². The molecule has 2 rings (SSSR count). The highest BCUT2D eigenvalue weighted by Gasteiger charge is 2.29. The molecule has 0 fully saturated rings. The topological polar surface area (TPSA) is 96.0 Å². The van der Waals surface area contributed by atoms with Crippen molar-refractivity contribution < 1.29 is 22.7 Å². The summed E-state index contributed by atoms with van der Waals surface area (Å²) in [7, 11) is -2.12. The fraction of sp³-hybridized carbons (Fsp3) is 0.500. The number of carbonyl (C=O) groups excluding carboxylic acids is 2. The van der Waals surface area contributed by atoms with E-state index in [1.807, 2.05) is 52.0 Å². The number of nitrogens with zero attached hydrogens (tertiary/aromatic N) is 2. The van der Waals surface area contributed by atoms with E-state index in [0.717, 1.165) is 23.8 Å². The molecule has 0 saturated heterocycles. The number of amides is 2. The summed E-state index contributed by atoms with van der Waals surface area (Å²) in [6.07, 6.45) is 2.78. The molecule has 2 aromatic rings. The van der Waals surface area contributed by atoms with Crippen LogP contribution in [0.3, 0.4) is 0 Å². The minimum Gasteiger partial charge on any atom is -0.495 e. The molecule has 0 aliphatic heterocycles. The van der Waals surface area contributed by atoms with Crippen molar-refractivity contribution in [2.24, 2.45) is 0 Å². The maximum atomic E-state index is 13.5.